The van der Waals surface area contributed by atoms with Gasteiger partial charge in [-0.2, -0.15) is 0 Å². The monoisotopic (exact) mass is 142 g/mol. The van der Waals surface area contributed by atoms with E-state index in [1.54, 1.807) is 18.9 Å². The first-order chi connectivity index (χ1) is 4.63. The standard InChI is InChI=1S/C6H10N2O2/c1-4-5(6(9)10)8(2)3-7-4/h7H,3H2,1-2H3,(H,9,10). The normalized spacial score (nSPS) is 17.6. The third kappa shape index (κ3) is 0.920. The van der Waals surface area contributed by atoms with Gasteiger partial charge in [0.1, 0.15) is 5.70 Å². The van der Waals surface area contributed by atoms with Gasteiger partial charge in [-0.25, -0.2) is 4.79 Å². The first-order valence-electron chi connectivity index (χ1n) is 3.02. The fourth-order valence-corrected chi connectivity index (χ4v) is 1.01. The van der Waals surface area contributed by atoms with E-state index in [4.69, 9.17) is 5.11 Å². The van der Waals surface area contributed by atoms with Gasteiger partial charge in [0.2, 0.25) is 0 Å². The number of nitrogens with one attached hydrogen (secondary N) is 1. The maximum absolute atomic E-state index is 10.5. The second-order valence-corrected chi connectivity index (χ2v) is 2.31. The SMILES string of the molecule is CC1=C(C(=O)O)N(C)CN1. The minimum absolute atomic E-state index is 0.361. The summed E-state index contributed by atoms with van der Waals surface area (Å²) in [5, 5.41) is 11.5. The molecule has 4 nitrogen and oxygen atoms in total. The zero-order valence-corrected chi connectivity index (χ0v) is 6.01. The minimum atomic E-state index is -0.870. The van der Waals surface area contributed by atoms with Crippen LogP contribution < -0.4 is 5.32 Å². The molecule has 0 radical (unpaired) electrons. The molecule has 1 rings (SSSR count). The number of carboxylic acid groups (broad SMARTS) is 1. The van der Waals surface area contributed by atoms with Crippen LogP contribution in [0, 0.1) is 0 Å². The van der Waals surface area contributed by atoms with Crippen LogP contribution >= 0.6 is 0 Å². The van der Waals surface area contributed by atoms with Crippen LogP contribution in [0.2, 0.25) is 0 Å². The molecule has 10 heavy (non-hydrogen) atoms. The van der Waals surface area contributed by atoms with Crippen LogP contribution in [-0.4, -0.2) is 29.7 Å². The van der Waals surface area contributed by atoms with Gasteiger partial charge in [0.15, 0.2) is 0 Å². The average Bonchev–Trinajstić information content (AvgIpc) is 2.11. The molecule has 0 aromatic rings. The number of aliphatic carboxylic acids is 1. The molecular formula is C6H10N2O2. The van der Waals surface area contributed by atoms with Crippen LogP contribution in [0.3, 0.4) is 0 Å². The van der Waals surface area contributed by atoms with Crippen molar-refractivity contribution >= 4 is 5.97 Å². The summed E-state index contributed by atoms with van der Waals surface area (Å²) in [7, 11) is 1.74. The fraction of sp³-hybridized carbons (Fsp3) is 0.500. The molecular weight excluding hydrogens is 132 g/mol. The van der Waals surface area contributed by atoms with Crippen molar-refractivity contribution in [1.29, 1.82) is 0 Å². The number of hydrogen-bond acceptors (Lipinski definition) is 3. The summed E-state index contributed by atoms with van der Waals surface area (Å²) in [6.07, 6.45) is 0. The van der Waals surface area contributed by atoms with E-state index in [1.165, 1.54) is 0 Å². The highest BCUT2D eigenvalue weighted by Crippen LogP contribution is 2.11. The van der Waals surface area contributed by atoms with Gasteiger partial charge >= 0.3 is 5.97 Å². The predicted octanol–water partition coefficient (Wildman–Crippen LogP) is -0.205. The van der Waals surface area contributed by atoms with Crippen molar-refractivity contribution in [3.63, 3.8) is 0 Å². The first-order valence-corrected chi connectivity index (χ1v) is 3.02. The maximum Gasteiger partial charge on any atom is 0.354 e. The van der Waals surface area contributed by atoms with Crippen LogP contribution in [0.4, 0.5) is 0 Å². The van der Waals surface area contributed by atoms with Gasteiger partial charge in [0.05, 0.1) is 6.67 Å². The Bertz CT molecular complexity index is 198. The molecule has 0 saturated heterocycles. The Morgan fingerprint density at radius 3 is 2.60 bits per heavy atom. The average molecular weight is 142 g/mol. The van der Waals surface area contributed by atoms with Crippen LogP contribution in [0.1, 0.15) is 6.92 Å². The van der Waals surface area contributed by atoms with Gasteiger partial charge in [-0.15, -0.1) is 0 Å². The summed E-state index contributed by atoms with van der Waals surface area (Å²) >= 11 is 0. The van der Waals surface area contributed by atoms with E-state index in [9.17, 15) is 4.79 Å². The smallest absolute Gasteiger partial charge is 0.354 e. The van der Waals surface area contributed by atoms with Crippen molar-refractivity contribution in [2.24, 2.45) is 0 Å². The van der Waals surface area contributed by atoms with Crippen LogP contribution in [0.25, 0.3) is 0 Å². The van der Waals surface area contributed by atoms with Gasteiger partial charge in [0.25, 0.3) is 0 Å². The highest BCUT2D eigenvalue weighted by Gasteiger charge is 2.21. The number of carbonyl (C=O) groups is 1. The number of hydrogen-bond donors (Lipinski definition) is 2. The van der Waals surface area contributed by atoms with Crippen molar-refractivity contribution in [3.05, 3.63) is 11.4 Å². The van der Waals surface area contributed by atoms with E-state index in [0.717, 1.165) is 5.70 Å². The summed E-state index contributed by atoms with van der Waals surface area (Å²) in [5.41, 5.74) is 1.09. The van der Waals surface area contributed by atoms with Crippen LogP contribution in [0.5, 0.6) is 0 Å². The lowest BCUT2D eigenvalue weighted by molar-refractivity contribution is -0.134. The molecule has 4 heteroatoms. The lowest BCUT2D eigenvalue weighted by Crippen LogP contribution is -2.21. The number of allylic oxidation sites excluding steroid dienone is 1. The van der Waals surface area contributed by atoms with Crippen LogP contribution in [0.15, 0.2) is 11.4 Å². The van der Waals surface area contributed by atoms with E-state index >= 15 is 0 Å². The molecule has 0 aromatic heterocycles. The third-order valence-corrected chi connectivity index (χ3v) is 1.52. The zero-order chi connectivity index (χ0) is 7.72. The minimum Gasteiger partial charge on any atom is -0.477 e. The molecule has 56 valence electrons. The highest BCUT2D eigenvalue weighted by atomic mass is 16.4. The van der Waals surface area contributed by atoms with Gasteiger partial charge in [-0.05, 0) is 6.92 Å². The Balaban J connectivity index is 2.88. The summed E-state index contributed by atoms with van der Waals surface area (Å²) in [4.78, 5) is 12.1. The van der Waals surface area contributed by atoms with Crippen molar-refractivity contribution in [3.8, 4) is 0 Å². The van der Waals surface area contributed by atoms with Crippen LogP contribution in [-0.2, 0) is 4.79 Å². The van der Waals surface area contributed by atoms with Gasteiger partial charge in [-0.1, -0.05) is 0 Å². The molecule has 0 fully saturated rings. The molecule has 0 spiro atoms. The summed E-state index contributed by atoms with van der Waals surface area (Å²) in [5.74, 6) is -0.870. The molecule has 0 aromatic carbocycles. The lowest BCUT2D eigenvalue weighted by Gasteiger charge is -2.09. The maximum atomic E-state index is 10.5. The quantitative estimate of drug-likeness (QED) is 0.532. The van der Waals surface area contributed by atoms with Crippen molar-refractivity contribution in [1.82, 2.24) is 10.2 Å². The molecule has 0 unspecified atom stereocenters. The second-order valence-electron chi connectivity index (χ2n) is 2.31. The van der Waals surface area contributed by atoms with Gasteiger partial charge < -0.3 is 15.3 Å². The summed E-state index contributed by atoms with van der Waals surface area (Å²) in [6, 6.07) is 0. The molecule has 0 atom stereocenters. The number of nitrogens with zero attached hydrogens (tertiary/aromatic N) is 1. The Hall–Kier alpha value is -1.19. The summed E-state index contributed by atoms with van der Waals surface area (Å²) in [6.45, 7) is 2.35. The Morgan fingerprint density at radius 2 is 2.40 bits per heavy atom. The molecule has 1 heterocycles. The third-order valence-electron chi connectivity index (χ3n) is 1.52. The topological polar surface area (TPSA) is 52.6 Å². The van der Waals surface area contributed by atoms with E-state index in [1.807, 2.05) is 0 Å². The fourth-order valence-electron chi connectivity index (χ4n) is 1.01. The van der Waals surface area contributed by atoms with Gasteiger partial charge in [-0.3, -0.25) is 0 Å². The van der Waals surface area contributed by atoms with Crippen molar-refractivity contribution in [2.75, 3.05) is 13.7 Å². The predicted molar refractivity (Wildman–Crippen MR) is 36.1 cm³/mol. The first kappa shape index (κ1) is 6.92. The van der Waals surface area contributed by atoms with Crippen molar-refractivity contribution < 1.29 is 9.90 Å². The zero-order valence-electron chi connectivity index (χ0n) is 6.01. The number of rotatable bonds is 1. The molecule has 0 bridgehead atoms. The Morgan fingerprint density at radius 1 is 1.80 bits per heavy atom. The Kier molecular flexibility index (Phi) is 1.53. The molecule has 0 saturated carbocycles. The largest absolute Gasteiger partial charge is 0.477 e. The van der Waals surface area contributed by atoms with Gasteiger partial charge in [0, 0.05) is 12.7 Å². The molecule has 0 aliphatic carbocycles. The molecule has 2 N–H and O–H groups in total. The number of carboxylic acids is 1. The molecule has 1 aliphatic rings. The molecule has 1 aliphatic heterocycles. The lowest BCUT2D eigenvalue weighted by atomic mass is 10.3. The van der Waals surface area contributed by atoms with E-state index in [-0.39, 0.29) is 0 Å². The Labute approximate surface area is 59.1 Å². The summed E-state index contributed by atoms with van der Waals surface area (Å²) < 4.78 is 0. The van der Waals surface area contributed by atoms with E-state index in [0.29, 0.717) is 12.4 Å². The van der Waals surface area contributed by atoms with E-state index in [2.05, 4.69) is 5.32 Å². The highest BCUT2D eigenvalue weighted by molar-refractivity contribution is 5.87. The second kappa shape index (κ2) is 2.21. The molecule has 0 amide bonds. The number of likely N-dealkylation sites (N-methyl/N-ethyl adjacent to an activating group) is 1. The van der Waals surface area contributed by atoms with E-state index < -0.39 is 5.97 Å². The van der Waals surface area contributed by atoms with Crippen molar-refractivity contribution in [2.45, 2.75) is 6.92 Å².